The number of aliphatic carboxylic acids is 1. The Morgan fingerprint density at radius 3 is 2.76 bits per heavy atom. The number of carboxylic acid groups (broad SMARTS) is 1. The van der Waals surface area contributed by atoms with Gasteiger partial charge in [-0.15, -0.1) is 12.3 Å². The zero-order valence-corrected chi connectivity index (χ0v) is 11.6. The number of nitrogens with one attached hydrogen (secondary N) is 2. The molecule has 0 aliphatic rings. The maximum atomic E-state index is 11.7. The lowest BCUT2D eigenvalue weighted by Crippen LogP contribution is -2.29. The van der Waals surface area contributed by atoms with E-state index in [2.05, 4.69) is 16.6 Å². The lowest BCUT2D eigenvalue weighted by Gasteiger charge is -2.11. The van der Waals surface area contributed by atoms with E-state index in [0.717, 1.165) is 12.8 Å². The van der Waals surface area contributed by atoms with Crippen LogP contribution in [-0.4, -0.2) is 30.3 Å². The van der Waals surface area contributed by atoms with Gasteiger partial charge < -0.3 is 20.5 Å². The minimum absolute atomic E-state index is 0.308. The van der Waals surface area contributed by atoms with Crippen LogP contribution in [0.15, 0.2) is 24.3 Å². The highest BCUT2D eigenvalue weighted by molar-refractivity contribution is 5.90. The average Bonchev–Trinajstić information content (AvgIpc) is 2.46. The molecule has 2 amide bonds. The highest BCUT2D eigenvalue weighted by atomic mass is 16.5. The Morgan fingerprint density at radius 2 is 2.05 bits per heavy atom. The fourth-order valence-electron chi connectivity index (χ4n) is 1.56. The van der Waals surface area contributed by atoms with Crippen molar-refractivity contribution in [1.82, 2.24) is 5.32 Å². The molecule has 112 valence electrons. The van der Waals surface area contributed by atoms with Gasteiger partial charge in [0.1, 0.15) is 5.75 Å². The first-order valence-electron chi connectivity index (χ1n) is 6.55. The number of urea groups is 1. The molecule has 0 radical (unpaired) electrons. The smallest absolute Gasteiger partial charge is 0.341 e. The molecule has 0 unspecified atom stereocenters. The molecule has 0 aromatic heterocycles. The summed E-state index contributed by atoms with van der Waals surface area (Å²) in [5.41, 5.74) is 0.417. The van der Waals surface area contributed by atoms with Gasteiger partial charge in [0.2, 0.25) is 0 Å². The minimum Gasteiger partial charge on any atom is -0.480 e. The quantitative estimate of drug-likeness (QED) is 0.505. The zero-order chi connectivity index (χ0) is 15.5. The maximum Gasteiger partial charge on any atom is 0.341 e. The number of carboxylic acids is 1. The van der Waals surface area contributed by atoms with Gasteiger partial charge >= 0.3 is 12.0 Å². The Kier molecular flexibility index (Phi) is 7.22. The van der Waals surface area contributed by atoms with Crippen molar-refractivity contribution in [2.75, 3.05) is 18.5 Å². The molecule has 6 heteroatoms. The van der Waals surface area contributed by atoms with Gasteiger partial charge in [-0.2, -0.15) is 0 Å². The van der Waals surface area contributed by atoms with Crippen molar-refractivity contribution >= 4 is 17.7 Å². The summed E-state index contributed by atoms with van der Waals surface area (Å²) in [4.78, 5) is 22.2. The van der Waals surface area contributed by atoms with Crippen LogP contribution in [0.2, 0.25) is 0 Å². The highest BCUT2D eigenvalue weighted by Crippen LogP contribution is 2.23. The summed E-state index contributed by atoms with van der Waals surface area (Å²) in [5.74, 6) is 1.76. The van der Waals surface area contributed by atoms with Gasteiger partial charge in [0.15, 0.2) is 6.61 Å². The van der Waals surface area contributed by atoms with Crippen molar-refractivity contribution in [1.29, 1.82) is 0 Å². The van der Waals surface area contributed by atoms with Gasteiger partial charge in [-0.1, -0.05) is 12.1 Å². The number of carbonyl (C=O) groups excluding carboxylic acids is 1. The molecule has 1 aromatic carbocycles. The second-order valence-electron chi connectivity index (χ2n) is 4.22. The summed E-state index contributed by atoms with van der Waals surface area (Å²) >= 11 is 0. The lowest BCUT2D eigenvalue weighted by molar-refractivity contribution is -0.139. The van der Waals surface area contributed by atoms with Crippen molar-refractivity contribution < 1.29 is 19.4 Å². The number of ether oxygens (including phenoxy) is 1. The van der Waals surface area contributed by atoms with Crippen LogP contribution in [0.5, 0.6) is 5.75 Å². The van der Waals surface area contributed by atoms with E-state index in [4.69, 9.17) is 16.3 Å². The molecule has 0 saturated heterocycles. The molecular formula is C15H18N2O4. The number of unbranched alkanes of at least 4 members (excludes halogenated alkanes) is 2. The van der Waals surface area contributed by atoms with Crippen LogP contribution in [-0.2, 0) is 4.79 Å². The fourth-order valence-corrected chi connectivity index (χ4v) is 1.56. The third-order valence-corrected chi connectivity index (χ3v) is 2.52. The van der Waals surface area contributed by atoms with Crippen molar-refractivity contribution in [3.63, 3.8) is 0 Å². The highest BCUT2D eigenvalue weighted by Gasteiger charge is 2.08. The topological polar surface area (TPSA) is 87.7 Å². The summed E-state index contributed by atoms with van der Waals surface area (Å²) in [6.07, 6.45) is 7.48. The number of benzene rings is 1. The van der Waals surface area contributed by atoms with E-state index < -0.39 is 12.6 Å². The summed E-state index contributed by atoms with van der Waals surface area (Å²) < 4.78 is 5.09. The molecule has 0 spiro atoms. The van der Waals surface area contributed by atoms with Crippen LogP contribution >= 0.6 is 0 Å². The third kappa shape index (κ3) is 6.87. The van der Waals surface area contributed by atoms with Crippen LogP contribution in [0.4, 0.5) is 10.5 Å². The molecule has 6 nitrogen and oxygen atoms in total. The minimum atomic E-state index is -1.08. The molecule has 0 bridgehead atoms. The molecule has 0 atom stereocenters. The number of terminal acetylenes is 1. The van der Waals surface area contributed by atoms with Crippen molar-refractivity contribution in [2.24, 2.45) is 0 Å². The van der Waals surface area contributed by atoms with E-state index in [1.54, 1.807) is 24.3 Å². The van der Waals surface area contributed by atoms with Crippen molar-refractivity contribution in [2.45, 2.75) is 19.3 Å². The molecule has 0 fully saturated rings. The van der Waals surface area contributed by atoms with Crippen molar-refractivity contribution in [3.05, 3.63) is 24.3 Å². The first kappa shape index (κ1) is 16.4. The fraction of sp³-hybridized carbons (Fsp3) is 0.333. The molecule has 21 heavy (non-hydrogen) atoms. The Morgan fingerprint density at radius 1 is 1.29 bits per heavy atom. The molecule has 0 aliphatic heterocycles. The Labute approximate surface area is 123 Å². The molecule has 0 aliphatic carbocycles. The van der Waals surface area contributed by atoms with E-state index in [1.807, 2.05) is 0 Å². The number of hydrogen-bond donors (Lipinski definition) is 3. The normalized spacial score (nSPS) is 9.48. The van der Waals surface area contributed by atoms with Gasteiger partial charge in [0.05, 0.1) is 5.69 Å². The van der Waals surface area contributed by atoms with Gasteiger partial charge in [-0.25, -0.2) is 9.59 Å². The number of para-hydroxylation sites is 2. The number of anilines is 1. The Hall–Kier alpha value is -2.68. The maximum absolute atomic E-state index is 11.7. The van der Waals surface area contributed by atoms with Crippen molar-refractivity contribution in [3.8, 4) is 18.1 Å². The second kappa shape index (κ2) is 9.26. The summed E-state index contributed by atoms with van der Waals surface area (Å²) in [6.45, 7) is 0.0536. The molecule has 1 aromatic rings. The van der Waals surface area contributed by atoms with Crippen LogP contribution in [0.3, 0.4) is 0 Å². The van der Waals surface area contributed by atoms with E-state index in [1.165, 1.54) is 0 Å². The first-order chi connectivity index (χ1) is 10.1. The third-order valence-electron chi connectivity index (χ3n) is 2.52. The number of amides is 2. The van der Waals surface area contributed by atoms with Crippen LogP contribution < -0.4 is 15.4 Å². The summed E-state index contributed by atoms with van der Waals surface area (Å²) in [5, 5.41) is 13.9. The van der Waals surface area contributed by atoms with E-state index in [-0.39, 0.29) is 6.03 Å². The summed E-state index contributed by atoms with van der Waals surface area (Å²) in [7, 11) is 0. The lowest BCUT2D eigenvalue weighted by atomic mass is 10.2. The SMILES string of the molecule is C#CCCCCNC(=O)Nc1ccccc1OCC(=O)O. The Bertz CT molecular complexity index is 523. The standard InChI is InChI=1S/C15H18N2O4/c1-2-3-4-7-10-16-15(20)17-12-8-5-6-9-13(12)21-11-14(18)19/h1,5-6,8-9H,3-4,7,10-11H2,(H,18,19)(H2,16,17,20). The predicted molar refractivity (Wildman–Crippen MR) is 79.3 cm³/mol. The van der Waals surface area contributed by atoms with Crippen LogP contribution in [0.1, 0.15) is 19.3 Å². The molecular weight excluding hydrogens is 272 g/mol. The van der Waals surface area contributed by atoms with Crippen LogP contribution in [0.25, 0.3) is 0 Å². The van der Waals surface area contributed by atoms with Gasteiger partial charge in [-0.3, -0.25) is 0 Å². The predicted octanol–water partition coefficient (Wildman–Crippen LogP) is 2.07. The largest absolute Gasteiger partial charge is 0.480 e. The van der Waals surface area contributed by atoms with E-state index in [9.17, 15) is 9.59 Å². The molecule has 1 rings (SSSR count). The molecule has 0 heterocycles. The number of hydrogen-bond acceptors (Lipinski definition) is 3. The second-order valence-corrected chi connectivity index (χ2v) is 4.22. The summed E-state index contributed by atoms with van der Waals surface area (Å²) in [6, 6.07) is 6.26. The Balaban J connectivity index is 2.44. The van der Waals surface area contributed by atoms with Crippen LogP contribution in [0, 0.1) is 12.3 Å². The zero-order valence-electron chi connectivity index (χ0n) is 11.6. The molecule has 0 saturated carbocycles. The number of rotatable bonds is 8. The van der Waals surface area contributed by atoms with E-state index in [0.29, 0.717) is 24.4 Å². The first-order valence-corrected chi connectivity index (χ1v) is 6.55. The average molecular weight is 290 g/mol. The monoisotopic (exact) mass is 290 g/mol. The molecule has 3 N–H and O–H groups in total. The van der Waals surface area contributed by atoms with Gasteiger partial charge in [-0.05, 0) is 25.0 Å². The van der Waals surface area contributed by atoms with Gasteiger partial charge in [0.25, 0.3) is 0 Å². The van der Waals surface area contributed by atoms with Gasteiger partial charge in [0, 0.05) is 13.0 Å². The number of carbonyl (C=O) groups is 2. The van der Waals surface area contributed by atoms with E-state index >= 15 is 0 Å².